The molecule has 3 aromatic carbocycles. The van der Waals surface area contributed by atoms with E-state index in [0.717, 1.165) is 22.4 Å². The first-order valence-corrected chi connectivity index (χ1v) is 10.1. The van der Waals surface area contributed by atoms with Crippen LogP contribution in [0.2, 0.25) is 5.02 Å². The zero-order valence-electron chi connectivity index (χ0n) is 16.3. The Morgan fingerprint density at radius 3 is 2.57 bits per heavy atom. The van der Waals surface area contributed by atoms with Crippen molar-refractivity contribution in [2.45, 2.75) is 19.8 Å². The van der Waals surface area contributed by atoms with Crippen molar-refractivity contribution in [2.75, 3.05) is 13.2 Å². The van der Waals surface area contributed by atoms with Crippen molar-refractivity contribution in [3.8, 4) is 5.75 Å². The summed E-state index contributed by atoms with van der Waals surface area (Å²) >= 11 is 6.20. The van der Waals surface area contributed by atoms with Gasteiger partial charge >= 0.3 is 0 Å². The van der Waals surface area contributed by atoms with Crippen molar-refractivity contribution in [1.29, 1.82) is 0 Å². The van der Waals surface area contributed by atoms with Crippen LogP contribution in [0, 0.1) is 5.82 Å². The molecule has 6 heteroatoms. The molecule has 1 amide bonds. The number of halogens is 2. The van der Waals surface area contributed by atoms with Gasteiger partial charge in [-0.1, -0.05) is 41.9 Å². The molecule has 3 aromatic rings. The first-order chi connectivity index (χ1) is 14.6. The van der Waals surface area contributed by atoms with E-state index < -0.39 is 0 Å². The van der Waals surface area contributed by atoms with E-state index >= 15 is 0 Å². The van der Waals surface area contributed by atoms with Gasteiger partial charge in [-0.25, -0.2) is 4.39 Å². The van der Waals surface area contributed by atoms with E-state index in [0.29, 0.717) is 43.5 Å². The molecule has 1 aliphatic rings. The minimum absolute atomic E-state index is 0.116. The first kappa shape index (κ1) is 20.4. The SMILES string of the molecule is O=C(c1ccccc1Cl)N1CCOc2ccc(COCc3ccc(F)cc3)cc2C1. The Hall–Kier alpha value is -2.89. The van der Waals surface area contributed by atoms with Crippen molar-refractivity contribution < 1.29 is 18.7 Å². The molecule has 154 valence electrons. The summed E-state index contributed by atoms with van der Waals surface area (Å²) in [6.45, 7) is 2.14. The smallest absolute Gasteiger partial charge is 0.255 e. The van der Waals surface area contributed by atoms with Gasteiger partial charge in [0.05, 0.1) is 30.3 Å². The van der Waals surface area contributed by atoms with E-state index in [4.69, 9.17) is 21.1 Å². The molecule has 0 N–H and O–H groups in total. The molecule has 0 bridgehead atoms. The van der Waals surface area contributed by atoms with Crippen molar-refractivity contribution >= 4 is 17.5 Å². The maximum atomic E-state index is 13.0. The van der Waals surface area contributed by atoms with Crippen LogP contribution in [0.5, 0.6) is 5.75 Å². The topological polar surface area (TPSA) is 38.8 Å². The molecule has 0 fully saturated rings. The molecular formula is C24H21ClFNO3. The normalized spacial score (nSPS) is 13.3. The lowest BCUT2D eigenvalue weighted by molar-refractivity contribution is 0.0733. The highest BCUT2D eigenvalue weighted by Gasteiger charge is 2.22. The zero-order valence-corrected chi connectivity index (χ0v) is 17.1. The summed E-state index contributed by atoms with van der Waals surface area (Å²) < 4.78 is 24.6. The first-order valence-electron chi connectivity index (χ1n) is 9.71. The second-order valence-corrected chi connectivity index (χ2v) is 7.52. The summed E-state index contributed by atoms with van der Waals surface area (Å²) in [5.41, 5.74) is 3.30. The average Bonchev–Trinajstić information content (AvgIpc) is 2.97. The number of nitrogens with zero attached hydrogens (tertiary/aromatic N) is 1. The standard InChI is InChI=1S/C24H21ClFNO3/c25-22-4-2-1-3-21(22)24(28)27-11-12-30-23-10-7-18(13-19(23)14-27)16-29-15-17-5-8-20(26)9-6-17/h1-10,13H,11-12,14-16H2. The van der Waals surface area contributed by atoms with Gasteiger partial charge in [-0.05, 0) is 47.5 Å². The van der Waals surface area contributed by atoms with Crippen LogP contribution in [0.15, 0.2) is 66.7 Å². The monoisotopic (exact) mass is 425 g/mol. The van der Waals surface area contributed by atoms with Gasteiger partial charge in [0.15, 0.2) is 0 Å². The molecule has 0 saturated carbocycles. The van der Waals surface area contributed by atoms with Crippen LogP contribution in [0.25, 0.3) is 0 Å². The fourth-order valence-electron chi connectivity index (χ4n) is 3.38. The Morgan fingerprint density at radius 2 is 1.77 bits per heavy atom. The molecule has 0 aromatic heterocycles. The zero-order chi connectivity index (χ0) is 20.9. The number of amides is 1. The number of rotatable bonds is 5. The van der Waals surface area contributed by atoms with E-state index in [1.807, 2.05) is 18.2 Å². The van der Waals surface area contributed by atoms with Gasteiger partial charge in [0.25, 0.3) is 5.91 Å². The Labute approximate surface area is 179 Å². The van der Waals surface area contributed by atoms with E-state index in [-0.39, 0.29) is 11.7 Å². The Balaban J connectivity index is 1.44. The van der Waals surface area contributed by atoms with Crippen molar-refractivity contribution in [2.24, 2.45) is 0 Å². The molecule has 0 unspecified atom stereocenters. The maximum absolute atomic E-state index is 13.0. The van der Waals surface area contributed by atoms with E-state index in [1.165, 1.54) is 12.1 Å². The highest BCUT2D eigenvalue weighted by atomic mass is 35.5. The third-order valence-electron chi connectivity index (χ3n) is 4.95. The van der Waals surface area contributed by atoms with E-state index in [2.05, 4.69) is 0 Å². The summed E-state index contributed by atoms with van der Waals surface area (Å²) in [5, 5.41) is 0.441. The number of ether oxygens (including phenoxy) is 2. The number of hydrogen-bond acceptors (Lipinski definition) is 3. The van der Waals surface area contributed by atoms with Gasteiger partial charge in [0.2, 0.25) is 0 Å². The molecule has 4 rings (SSSR count). The Bertz CT molecular complexity index is 1040. The molecule has 0 spiro atoms. The maximum Gasteiger partial charge on any atom is 0.255 e. The fraction of sp³-hybridized carbons (Fsp3) is 0.208. The third-order valence-corrected chi connectivity index (χ3v) is 5.28. The number of carbonyl (C=O) groups is 1. The van der Waals surface area contributed by atoms with Crippen LogP contribution in [0.1, 0.15) is 27.0 Å². The lowest BCUT2D eigenvalue weighted by Gasteiger charge is -2.20. The minimum atomic E-state index is -0.264. The number of hydrogen-bond donors (Lipinski definition) is 0. The van der Waals surface area contributed by atoms with Gasteiger partial charge in [0.1, 0.15) is 18.2 Å². The molecule has 1 heterocycles. The van der Waals surface area contributed by atoms with Crippen LogP contribution in [0.4, 0.5) is 4.39 Å². The van der Waals surface area contributed by atoms with Gasteiger partial charge in [0, 0.05) is 12.1 Å². The second kappa shape index (κ2) is 9.28. The average molecular weight is 426 g/mol. The quantitative estimate of drug-likeness (QED) is 0.561. The van der Waals surface area contributed by atoms with Crippen LogP contribution in [0.3, 0.4) is 0 Å². The van der Waals surface area contributed by atoms with Gasteiger partial charge in [-0.3, -0.25) is 4.79 Å². The summed E-state index contributed by atoms with van der Waals surface area (Å²) in [5.74, 6) is 0.391. The predicted molar refractivity (Wildman–Crippen MR) is 113 cm³/mol. The Morgan fingerprint density at radius 1 is 1.03 bits per heavy atom. The van der Waals surface area contributed by atoms with Crippen LogP contribution in [-0.4, -0.2) is 24.0 Å². The molecule has 0 atom stereocenters. The highest BCUT2D eigenvalue weighted by molar-refractivity contribution is 6.33. The second-order valence-electron chi connectivity index (χ2n) is 7.12. The van der Waals surface area contributed by atoms with Crippen molar-refractivity contribution in [3.05, 3.63) is 99.8 Å². The van der Waals surface area contributed by atoms with E-state index in [1.54, 1.807) is 41.3 Å². The summed E-state index contributed by atoms with van der Waals surface area (Å²) in [6, 6.07) is 19.2. The fourth-order valence-corrected chi connectivity index (χ4v) is 3.60. The third kappa shape index (κ3) is 4.81. The summed E-state index contributed by atoms with van der Waals surface area (Å²) in [4.78, 5) is 14.7. The lowest BCUT2D eigenvalue weighted by atomic mass is 10.1. The predicted octanol–water partition coefficient (Wildman–Crippen LogP) is 5.23. The van der Waals surface area contributed by atoms with Crippen molar-refractivity contribution in [3.63, 3.8) is 0 Å². The van der Waals surface area contributed by atoms with Gasteiger partial charge < -0.3 is 14.4 Å². The van der Waals surface area contributed by atoms with E-state index in [9.17, 15) is 9.18 Å². The molecule has 30 heavy (non-hydrogen) atoms. The lowest BCUT2D eigenvalue weighted by Crippen LogP contribution is -2.32. The summed E-state index contributed by atoms with van der Waals surface area (Å²) in [7, 11) is 0. The molecule has 4 nitrogen and oxygen atoms in total. The van der Waals surface area contributed by atoms with Crippen molar-refractivity contribution in [1.82, 2.24) is 4.90 Å². The van der Waals surface area contributed by atoms with Crippen LogP contribution < -0.4 is 4.74 Å². The molecular weight excluding hydrogens is 405 g/mol. The number of benzene rings is 3. The molecule has 1 aliphatic heterocycles. The number of fused-ring (bicyclic) bond motifs is 1. The Kier molecular flexibility index (Phi) is 6.31. The largest absolute Gasteiger partial charge is 0.491 e. The van der Waals surface area contributed by atoms with Crippen LogP contribution >= 0.6 is 11.6 Å². The highest BCUT2D eigenvalue weighted by Crippen LogP contribution is 2.27. The van der Waals surface area contributed by atoms with Crippen LogP contribution in [-0.2, 0) is 24.5 Å². The van der Waals surface area contributed by atoms with Gasteiger partial charge in [-0.2, -0.15) is 0 Å². The molecule has 0 saturated heterocycles. The molecule has 0 aliphatic carbocycles. The van der Waals surface area contributed by atoms with Gasteiger partial charge in [-0.15, -0.1) is 0 Å². The molecule has 0 radical (unpaired) electrons. The summed E-state index contributed by atoms with van der Waals surface area (Å²) in [6.07, 6.45) is 0. The number of carbonyl (C=O) groups excluding carboxylic acids is 1. The minimum Gasteiger partial charge on any atom is -0.491 e.